The summed E-state index contributed by atoms with van der Waals surface area (Å²) in [7, 11) is -3.91. The molecule has 0 saturated carbocycles. The monoisotopic (exact) mass is 340 g/mol. The number of carbonyl (C=O) groups excluding carboxylic acids is 1. The molecule has 2 rings (SSSR count). The lowest BCUT2D eigenvalue weighted by Gasteiger charge is -2.03. The van der Waals surface area contributed by atoms with Crippen LogP contribution < -0.4 is 9.44 Å². The number of amides is 1. The van der Waals surface area contributed by atoms with E-state index in [4.69, 9.17) is 0 Å². The van der Waals surface area contributed by atoms with Crippen LogP contribution in [0.2, 0.25) is 0 Å². The fourth-order valence-electron chi connectivity index (χ4n) is 1.33. The van der Waals surface area contributed by atoms with Crippen LogP contribution in [0.5, 0.6) is 0 Å². The van der Waals surface area contributed by atoms with Gasteiger partial charge in [0.1, 0.15) is 0 Å². The molecule has 0 spiro atoms. The molecule has 8 heteroatoms. The maximum Gasteiger partial charge on any atom is 0.323 e. The Morgan fingerprint density at radius 3 is 2.24 bits per heavy atom. The van der Waals surface area contributed by atoms with Gasteiger partial charge in [0.2, 0.25) is 0 Å². The molecule has 2 N–H and O–H groups in total. The third-order valence-corrected chi connectivity index (χ3v) is 4.57. The molecule has 5 nitrogen and oxygen atoms in total. The van der Waals surface area contributed by atoms with Gasteiger partial charge in [0, 0.05) is 12.3 Å². The Bertz CT molecular complexity index is 730. The van der Waals surface area contributed by atoms with Gasteiger partial charge < -0.3 is 0 Å². The Balaban J connectivity index is 1.87. The summed E-state index contributed by atoms with van der Waals surface area (Å²) in [4.78, 5) is 11.5. The van der Waals surface area contributed by atoms with Gasteiger partial charge in [0.25, 0.3) is 5.91 Å². The molecule has 2 aromatic rings. The van der Waals surface area contributed by atoms with Crippen molar-refractivity contribution in [3.63, 3.8) is 0 Å². The summed E-state index contributed by atoms with van der Waals surface area (Å²) >= 11 is 3.00. The van der Waals surface area contributed by atoms with Crippen molar-refractivity contribution in [1.29, 1.82) is 0 Å². The first-order valence-electron chi connectivity index (χ1n) is 5.78. The van der Waals surface area contributed by atoms with Crippen molar-refractivity contribution in [2.45, 2.75) is 0 Å². The summed E-state index contributed by atoms with van der Waals surface area (Å²) in [5.41, 5.74) is 1.73. The summed E-state index contributed by atoms with van der Waals surface area (Å²) in [5, 5.41) is 7.46. The highest BCUT2D eigenvalue weighted by Gasteiger charge is 2.09. The molecule has 0 unspecified atom stereocenters. The molecule has 0 fully saturated rings. The third-order valence-electron chi connectivity index (χ3n) is 2.25. The first-order chi connectivity index (χ1) is 10.1. The molecule has 21 heavy (non-hydrogen) atoms. The highest BCUT2D eigenvalue weighted by molar-refractivity contribution is 7.88. The van der Waals surface area contributed by atoms with E-state index in [9.17, 15) is 13.2 Å². The average Bonchev–Trinajstić information content (AvgIpc) is 3.08. The van der Waals surface area contributed by atoms with Crippen LogP contribution in [0.4, 0.5) is 0 Å². The SMILES string of the molecule is O=C(/C=C/c1ccsc1)NS(=O)(=O)N/C=C\c1ccsc1. The normalized spacial score (nSPS) is 12.0. The lowest BCUT2D eigenvalue weighted by atomic mass is 10.3. The molecular weight excluding hydrogens is 328 g/mol. The first kappa shape index (κ1) is 15.5. The lowest BCUT2D eigenvalue weighted by molar-refractivity contribution is -0.114. The smallest absolute Gasteiger partial charge is 0.273 e. The van der Waals surface area contributed by atoms with Crippen molar-refractivity contribution in [2.75, 3.05) is 0 Å². The van der Waals surface area contributed by atoms with Crippen molar-refractivity contribution >= 4 is 50.9 Å². The predicted molar refractivity (Wildman–Crippen MR) is 86.9 cm³/mol. The molecule has 0 aliphatic carbocycles. The number of hydrogen-bond donors (Lipinski definition) is 2. The van der Waals surface area contributed by atoms with Crippen molar-refractivity contribution in [1.82, 2.24) is 9.44 Å². The standard InChI is InChI=1S/C13H12N2O3S3/c16-13(2-1-11-4-7-19-9-11)15-21(17,18)14-6-3-12-5-8-20-10-12/h1-10,14H,(H,15,16)/b2-1+,6-3-. The van der Waals surface area contributed by atoms with E-state index in [1.807, 2.05) is 38.4 Å². The van der Waals surface area contributed by atoms with Crippen molar-refractivity contribution in [2.24, 2.45) is 0 Å². The van der Waals surface area contributed by atoms with E-state index in [2.05, 4.69) is 4.72 Å². The summed E-state index contributed by atoms with van der Waals surface area (Å²) in [6.45, 7) is 0. The molecule has 0 aliphatic heterocycles. The van der Waals surface area contributed by atoms with E-state index in [-0.39, 0.29) is 0 Å². The lowest BCUT2D eigenvalue weighted by Crippen LogP contribution is -2.36. The van der Waals surface area contributed by atoms with E-state index in [1.165, 1.54) is 34.9 Å². The van der Waals surface area contributed by atoms with Gasteiger partial charge in [0.05, 0.1) is 0 Å². The average molecular weight is 340 g/mol. The van der Waals surface area contributed by atoms with Crippen molar-refractivity contribution in [3.05, 3.63) is 57.1 Å². The van der Waals surface area contributed by atoms with Gasteiger partial charge in [-0.3, -0.25) is 9.52 Å². The minimum atomic E-state index is -3.91. The second-order valence-corrected chi connectivity index (χ2v) is 6.87. The van der Waals surface area contributed by atoms with E-state index in [0.29, 0.717) is 0 Å². The molecular formula is C13H12N2O3S3. The maximum atomic E-state index is 11.6. The van der Waals surface area contributed by atoms with E-state index in [1.54, 1.807) is 12.2 Å². The van der Waals surface area contributed by atoms with Crippen LogP contribution in [0.1, 0.15) is 11.1 Å². The van der Waals surface area contributed by atoms with Gasteiger partial charge in [-0.2, -0.15) is 31.1 Å². The quantitative estimate of drug-likeness (QED) is 0.793. The van der Waals surface area contributed by atoms with E-state index >= 15 is 0 Å². The zero-order valence-corrected chi connectivity index (χ0v) is 13.2. The third kappa shape index (κ3) is 5.54. The molecule has 0 bridgehead atoms. The molecule has 1 amide bonds. The van der Waals surface area contributed by atoms with Crippen molar-refractivity contribution < 1.29 is 13.2 Å². The molecule has 0 radical (unpaired) electrons. The molecule has 2 heterocycles. The molecule has 110 valence electrons. The molecule has 0 aromatic carbocycles. The highest BCUT2D eigenvalue weighted by Crippen LogP contribution is 2.08. The van der Waals surface area contributed by atoms with Gasteiger partial charge in [-0.25, -0.2) is 4.72 Å². The van der Waals surface area contributed by atoms with Gasteiger partial charge in [-0.05, 0) is 56.9 Å². The highest BCUT2D eigenvalue weighted by atomic mass is 32.2. The number of nitrogens with one attached hydrogen (secondary N) is 2. The fraction of sp³-hybridized carbons (Fsp3) is 0. The Morgan fingerprint density at radius 1 is 1.05 bits per heavy atom. The van der Waals surface area contributed by atoms with Gasteiger partial charge in [-0.1, -0.05) is 0 Å². The van der Waals surface area contributed by atoms with Crippen LogP contribution in [-0.4, -0.2) is 14.3 Å². The number of hydrogen-bond acceptors (Lipinski definition) is 5. The zero-order valence-electron chi connectivity index (χ0n) is 10.7. The van der Waals surface area contributed by atoms with E-state index < -0.39 is 16.1 Å². The van der Waals surface area contributed by atoms with Crippen LogP contribution >= 0.6 is 22.7 Å². The van der Waals surface area contributed by atoms with Crippen LogP contribution in [0.15, 0.2) is 45.9 Å². The number of thiophene rings is 2. The van der Waals surface area contributed by atoms with Crippen LogP contribution in [-0.2, 0) is 15.0 Å². The number of rotatable bonds is 6. The summed E-state index contributed by atoms with van der Waals surface area (Å²) in [6.07, 6.45) is 5.58. The van der Waals surface area contributed by atoms with Crippen LogP contribution in [0, 0.1) is 0 Å². The Hall–Kier alpha value is -1.90. The van der Waals surface area contributed by atoms with Gasteiger partial charge in [0.15, 0.2) is 0 Å². The second-order valence-electron chi connectivity index (χ2n) is 3.87. The predicted octanol–water partition coefficient (Wildman–Crippen LogP) is 2.44. The van der Waals surface area contributed by atoms with Gasteiger partial charge in [-0.15, -0.1) is 0 Å². The Kier molecular flexibility index (Phi) is 5.32. The van der Waals surface area contributed by atoms with Crippen LogP contribution in [0.25, 0.3) is 12.2 Å². The molecule has 0 aliphatic rings. The number of carbonyl (C=O) groups is 1. The first-order valence-corrected chi connectivity index (χ1v) is 9.15. The maximum absolute atomic E-state index is 11.6. The largest absolute Gasteiger partial charge is 0.323 e. The topological polar surface area (TPSA) is 75.3 Å². The second kappa shape index (κ2) is 7.21. The fourth-order valence-corrected chi connectivity index (χ4v) is 3.22. The minimum Gasteiger partial charge on any atom is -0.273 e. The Morgan fingerprint density at radius 2 is 1.67 bits per heavy atom. The van der Waals surface area contributed by atoms with E-state index in [0.717, 1.165) is 11.1 Å². The Labute approximate surface area is 130 Å². The molecule has 2 aromatic heterocycles. The van der Waals surface area contributed by atoms with Crippen molar-refractivity contribution in [3.8, 4) is 0 Å². The summed E-state index contributed by atoms with van der Waals surface area (Å²) in [5.74, 6) is -0.711. The molecule has 0 atom stereocenters. The molecule has 0 saturated heterocycles. The summed E-state index contributed by atoms with van der Waals surface area (Å²) in [6, 6.07) is 3.67. The summed E-state index contributed by atoms with van der Waals surface area (Å²) < 4.78 is 27.3. The minimum absolute atomic E-state index is 0.711. The van der Waals surface area contributed by atoms with Gasteiger partial charge >= 0.3 is 10.2 Å². The van der Waals surface area contributed by atoms with Crippen LogP contribution in [0.3, 0.4) is 0 Å². The zero-order chi connectivity index (χ0) is 15.1.